The molecule has 0 aromatic heterocycles. The SMILES string of the molecule is [N-]=[N+]=NN1C=CCNC1=O. The maximum Gasteiger partial charge on any atom is 0.416 e. The zero-order valence-corrected chi connectivity index (χ0v) is 5.06. The summed E-state index contributed by atoms with van der Waals surface area (Å²) in [6.07, 6.45) is 3.09. The van der Waals surface area contributed by atoms with Gasteiger partial charge >= 0.3 is 6.03 Å². The van der Waals surface area contributed by atoms with Gasteiger partial charge in [-0.05, 0) is 11.3 Å². The molecule has 0 spiro atoms. The first kappa shape index (κ1) is 6.44. The molecule has 1 rings (SSSR count). The molecular formula is C4H5N5O. The number of carbonyl (C=O) groups is 1. The summed E-state index contributed by atoms with van der Waals surface area (Å²) >= 11 is 0. The highest BCUT2D eigenvalue weighted by molar-refractivity contribution is 5.75. The topological polar surface area (TPSA) is 81.1 Å². The largest absolute Gasteiger partial charge is 0.416 e. The second-order valence-electron chi connectivity index (χ2n) is 1.59. The average Bonchev–Trinajstić information content (AvgIpc) is 1.94. The smallest absolute Gasteiger partial charge is 0.314 e. The van der Waals surface area contributed by atoms with E-state index in [4.69, 9.17) is 5.53 Å². The monoisotopic (exact) mass is 139 g/mol. The molecule has 1 N–H and O–H groups in total. The van der Waals surface area contributed by atoms with Gasteiger partial charge in [0, 0.05) is 6.54 Å². The van der Waals surface area contributed by atoms with Crippen molar-refractivity contribution in [3.05, 3.63) is 22.7 Å². The van der Waals surface area contributed by atoms with Crippen LogP contribution in [0.15, 0.2) is 17.5 Å². The van der Waals surface area contributed by atoms with Crippen molar-refractivity contribution in [3.8, 4) is 0 Å². The molecule has 2 amide bonds. The highest BCUT2D eigenvalue weighted by Crippen LogP contribution is 1.96. The Morgan fingerprint density at radius 2 is 2.70 bits per heavy atom. The lowest BCUT2D eigenvalue weighted by Gasteiger charge is -2.10. The predicted molar refractivity (Wildman–Crippen MR) is 33.5 cm³/mol. The fourth-order valence-electron chi connectivity index (χ4n) is 0.561. The Kier molecular flexibility index (Phi) is 1.77. The first-order valence-electron chi connectivity index (χ1n) is 2.63. The van der Waals surface area contributed by atoms with Crippen LogP contribution in [0.5, 0.6) is 0 Å². The third kappa shape index (κ3) is 1.18. The molecule has 0 radical (unpaired) electrons. The molecule has 10 heavy (non-hydrogen) atoms. The van der Waals surface area contributed by atoms with Gasteiger partial charge in [-0.3, -0.25) is 0 Å². The van der Waals surface area contributed by atoms with Crippen molar-refractivity contribution in [1.82, 2.24) is 10.3 Å². The Bertz CT molecular complexity index is 216. The summed E-state index contributed by atoms with van der Waals surface area (Å²) in [5, 5.41) is 6.42. The van der Waals surface area contributed by atoms with Gasteiger partial charge in [0.15, 0.2) is 0 Å². The molecule has 0 aliphatic carbocycles. The van der Waals surface area contributed by atoms with E-state index in [9.17, 15) is 4.79 Å². The molecule has 6 nitrogen and oxygen atoms in total. The Hall–Kier alpha value is -1.68. The van der Waals surface area contributed by atoms with Crippen LogP contribution in [0.2, 0.25) is 0 Å². The zero-order valence-electron chi connectivity index (χ0n) is 5.06. The molecule has 1 aliphatic rings. The minimum atomic E-state index is -0.403. The molecule has 0 saturated heterocycles. The van der Waals surface area contributed by atoms with Crippen molar-refractivity contribution < 1.29 is 4.79 Å². The van der Waals surface area contributed by atoms with Gasteiger partial charge in [0.2, 0.25) is 0 Å². The van der Waals surface area contributed by atoms with Crippen molar-refractivity contribution in [2.75, 3.05) is 6.54 Å². The van der Waals surface area contributed by atoms with Gasteiger partial charge < -0.3 is 5.32 Å². The first-order valence-corrected chi connectivity index (χ1v) is 2.63. The summed E-state index contributed by atoms with van der Waals surface area (Å²) in [7, 11) is 0. The lowest BCUT2D eigenvalue weighted by Crippen LogP contribution is -2.36. The maximum atomic E-state index is 10.7. The van der Waals surface area contributed by atoms with E-state index >= 15 is 0 Å². The molecular weight excluding hydrogens is 134 g/mol. The van der Waals surface area contributed by atoms with Crippen LogP contribution in [-0.2, 0) is 0 Å². The summed E-state index contributed by atoms with van der Waals surface area (Å²) in [6.45, 7) is 0.482. The summed E-state index contributed by atoms with van der Waals surface area (Å²) in [5.74, 6) is 0. The number of hydrogen-bond acceptors (Lipinski definition) is 2. The number of nitrogens with one attached hydrogen (secondary N) is 1. The quantitative estimate of drug-likeness (QED) is 0.324. The molecule has 0 fully saturated rings. The van der Waals surface area contributed by atoms with Crippen molar-refractivity contribution in [2.24, 2.45) is 5.22 Å². The molecule has 0 bridgehead atoms. The second kappa shape index (κ2) is 2.75. The lowest BCUT2D eigenvalue weighted by atomic mass is 10.5. The molecule has 1 aliphatic heterocycles. The highest BCUT2D eigenvalue weighted by Gasteiger charge is 2.15. The van der Waals surface area contributed by atoms with Gasteiger partial charge in [0.05, 0.1) is 0 Å². The van der Waals surface area contributed by atoms with E-state index in [1.54, 1.807) is 6.08 Å². The van der Waals surface area contributed by atoms with E-state index in [1.807, 2.05) is 0 Å². The molecule has 0 saturated carbocycles. The fraction of sp³-hybridized carbons (Fsp3) is 0.250. The van der Waals surface area contributed by atoms with Gasteiger partial charge in [0.25, 0.3) is 0 Å². The van der Waals surface area contributed by atoms with Crippen LogP contribution in [0, 0.1) is 0 Å². The van der Waals surface area contributed by atoms with Crippen molar-refractivity contribution >= 4 is 6.03 Å². The number of azide groups is 1. The normalized spacial score (nSPS) is 16.0. The van der Waals surface area contributed by atoms with Gasteiger partial charge in [0.1, 0.15) is 6.20 Å². The molecule has 0 unspecified atom stereocenters. The summed E-state index contributed by atoms with van der Waals surface area (Å²) in [6, 6.07) is -0.403. The minimum absolute atomic E-state index is 0.403. The standard InChI is InChI=1S/C4H5N5O/c5-7-8-9-3-1-2-6-4(9)10/h1,3H,2H2,(H,6,10). The number of nitrogens with zero attached hydrogens (tertiary/aromatic N) is 4. The highest BCUT2D eigenvalue weighted by atomic mass is 16.2. The lowest BCUT2D eigenvalue weighted by molar-refractivity contribution is 0.214. The van der Waals surface area contributed by atoms with Crippen LogP contribution < -0.4 is 5.32 Å². The van der Waals surface area contributed by atoms with E-state index in [-0.39, 0.29) is 0 Å². The van der Waals surface area contributed by atoms with Gasteiger partial charge in [-0.2, -0.15) is 4.91 Å². The van der Waals surface area contributed by atoms with E-state index in [0.29, 0.717) is 6.54 Å². The molecule has 1 heterocycles. The number of hydrogen-bond donors (Lipinski definition) is 1. The Balaban J connectivity index is 2.72. The van der Waals surface area contributed by atoms with Crippen molar-refractivity contribution in [3.63, 3.8) is 0 Å². The average molecular weight is 139 g/mol. The summed E-state index contributed by atoms with van der Waals surface area (Å²) in [5.41, 5.74) is 7.94. The third-order valence-corrected chi connectivity index (χ3v) is 0.962. The van der Waals surface area contributed by atoms with Crippen molar-refractivity contribution in [1.29, 1.82) is 0 Å². The molecule has 52 valence electrons. The van der Waals surface area contributed by atoms with E-state index < -0.39 is 6.03 Å². The molecule has 0 atom stereocenters. The van der Waals surface area contributed by atoms with E-state index in [0.717, 1.165) is 5.01 Å². The van der Waals surface area contributed by atoms with Gasteiger partial charge in [-0.25, -0.2) is 4.79 Å². The Morgan fingerprint density at radius 1 is 1.90 bits per heavy atom. The number of rotatable bonds is 1. The maximum absolute atomic E-state index is 10.7. The van der Waals surface area contributed by atoms with Gasteiger partial charge in [-0.1, -0.05) is 0 Å². The van der Waals surface area contributed by atoms with E-state index in [2.05, 4.69) is 15.5 Å². The van der Waals surface area contributed by atoms with Gasteiger partial charge in [-0.15, -0.1) is 10.5 Å². The molecule has 0 aromatic rings. The van der Waals surface area contributed by atoms with Crippen LogP contribution in [0.1, 0.15) is 0 Å². The summed E-state index contributed by atoms with van der Waals surface area (Å²) < 4.78 is 0. The van der Waals surface area contributed by atoms with Crippen LogP contribution in [0.3, 0.4) is 0 Å². The molecule has 0 aromatic carbocycles. The Labute approximate surface area is 56.7 Å². The third-order valence-electron chi connectivity index (χ3n) is 0.962. The van der Waals surface area contributed by atoms with Crippen LogP contribution >= 0.6 is 0 Å². The van der Waals surface area contributed by atoms with Crippen molar-refractivity contribution in [2.45, 2.75) is 0 Å². The number of urea groups is 1. The second-order valence-corrected chi connectivity index (χ2v) is 1.59. The van der Waals surface area contributed by atoms with Crippen LogP contribution in [-0.4, -0.2) is 17.6 Å². The zero-order chi connectivity index (χ0) is 7.40. The number of amides is 2. The van der Waals surface area contributed by atoms with E-state index in [1.165, 1.54) is 6.20 Å². The molecule has 6 heteroatoms. The first-order chi connectivity index (χ1) is 4.84. The summed E-state index contributed by atoms with van der Waals surface area (Å²) in [4.78, 5) is 13.1. The fourth-order valence-corrected chi connectivity index (χ4v) is 0.561. The van der Waals surface area contributed by atoms with Crippen LogP contribution in [0.4, 0.5) is 4.79 Å². The Morgan fingerprint density at radius 3 is 3.30 bits per heavy atom. The number of carbonyl (C=O) groups excluding carboxylic acids is 1. The predicted octanol–water partition coefficient (Wildman–Crippen LogP) is 0.751. The minimum Gasteiger partial charge on any atom is -0.314 e. The van der Waals surface area contributed by atoms with Crippen LogP contribution in [0.25, 0.3) is 10.4 Å².